The first-order valence-electron chi connectivity index (χ1n) is 17.6. The lowest BCUT2D eigenvalue weighted by molar-refractivity contribution is 0.0941. The number of rotatable bonds is 15. The Bertz CT molecular complexity index is 1640. The van der Waals surface area contributed by atoms with Crippen LogP contribution in [0.1, 0.15) is 108 Å². The molecule has 0 fully saturated rings. The van der Waals surface area contributed by atoms with Gasteiger partial charge in [0.1, 0.15) is 0 Å². The van der Waals surface area contributed by atoms with Gasteiger partial charge in [-0.1, -0.05) is 148 Å². The Hall–Kier alpha value is -2.38. The Morgan fingerprint density at radius 2 is 1.12 bits per heavy atom. The van der Waals surface area contributed by atoms with Crippen molar-refractivity contribution in [3.63, 3.8) is 0 Å². The lowest BCUT2D eigenvalue weighted by atomic mass is 9.71. The number of allylic oxidation sites excluding steroid dienone is 18. The summed E-state index contributed by atoms with van der Waals surface area (Å²) in [6.07, 6.45) is 29.3. The summed E-state index contributed by atoms with van der Waals surface area (Å²) in [7, 11) is -9.04. The first-order chi connectivity index (χ1) is 23.3. The predicted octanol–water partition coefficient (Wildman–Crippen LogP) is 11.3. The smallest absolute Gasteiger partial charge is 0.303 e. The maximum Gasteiger partial charge on any atom is 0.469 e. The van der Waals surface area contributed by atoms with E-state index in [1.165, 1.54) is 11.1 Å². The molecule has 284 valence electrons. The molecule has 2 atom stereocenters. The molecule has 51 heavy (non-hydrogen) atoms. The standard InChI is InChI=1S/C41H62O8P2/c1-30(18-14-19-32(3)21-22-37-33(4)26-35(28-40(37,8)9)48-50(42,43)44)16-12-13-17-31(2)20-15-24-39(6,7)25-23-38-34(5)27-36(29-41(38,10)11)49-51(45,46)47/h12-23,25,35-36H,24,26-29H2,1-11H3,(H2,42,43,44)(H2,45,46,47)/b13-12+,18-14+,20-15+,22-21+,25-23+,30-16+,31-17+,32-19+. The highest BCUT2D eigenvalue weighted by atomic mass is 31.2. The van der Waals surface area contributed by atoms with Gasteiger partial charge in [-0.15, -0.1) is 0 Å². The van der Waals surface area contributed by atoms with Gasteiger partial charge in [0.2, 0.25) is 0 Å². The highest BCUT2D eigenvalue weighted by Gasteiger charge is 2.37. The SMILES string of the molecule is CC1=C(/C=C/C(C)=C/C=C/C(C)=C/C=C/C=C(C)/C=C/CC(C)(C)/C=C/C2=C(C)CC(OP(=O)(O)O)CC2(C)C)C(C)(C)CC(OP(=O)(O)O)C1. The van der Waals surface area contributed by atoms with Gasteiger partial charge in [-0.25, -0.2) is 9.13 Å². The van der Waals surface area contributed by atoms with Crippen molar-refractivity contribution in [1.29, 1.82) is 0 Å². The molecule has 0 amide bonds. The van der Waals surface area contributed by atoms with Crippen molar-refractivity contribution in [3.05, 3.63) is 118 Å². The molecular weight excluding hydrogens is 682 g/mol. The van der Waals surface area contributed by atoms with Crippen LogP contribution in [-0.2, 0) is 18.2 Å². The van der Waals surface area contributed by atoms with Gasteiger partial charge in [-0.3, -0.25) is 9.05 Å². The quantitative estimate of drug-likeness (QED) is 0.0962. The van der Waals surface area contributed by atoms with Crippen LogP contribution in [0.2, 0.25) is 0 Å². The van der Waals surface area contributed by atoms with Crippen LogP contribution in [0.25, 0.3) is 0 Å². The molecule has 0 spiro atoms. The lowest BCUT2D eigenvalue weighted by Crippen LogP contribution is -2.30. The number of hydrogen-bond acceptors (Lipinski definition) is 4. The van der Waals surface area contributed by atoms with Crippen molar-refractivity contribution >= 4 is 15.6 Å². The molecule has 0 heterocycles. The maximum atomic E-state index is 11.4. The van der Waals surface area contributed by atoms with E-state index in [-0.39, 0.29) is 16.2 Å². The summed E-state index contributed by atoms with van der Waals surface area (Å²) in [6.45, 7) is 22.9. The van der Waals surface area contributed by atoms with Crippen LogP contribution >= 0.6 is 15.6 Å². The lowest BCUT2D eigenvalue weighted by Gasteiger charge is -2.38. The molecule has 10 heteroatoms. The van der Waals surface area contributed by atoms with Crippen molar-refractivity contribution < 1.29 is 37.8 Å². The Balaban J connectivity index is 1.93. The van der Waals surface area contributed by atoms with Crippen LogP contribution in [0.5, 0.6) is 0 Å². The third-order valence-electron chi connectivity index (χ3n) is 9.28. The minimum Gasteiger partial charge on any atom is -0.303 e. The van der Waals surface area contributed by atoms with E-state index in [4.69, 9.17) is 9.05 Å². The summed E-state index contributed by atoms with van der Waals surface area (Å²) in [6, 6.07) is 0. The fourth-order valence-corrected chi connectivity index (χ4v) is 7.98. The Morgan fingerprint density at radius 1 is 0.706 bits per heavy atom. The highest BCUT2D eigenvalue weighted by molar-refractivity contribution is 7.46. The van der Waals surface area contributed by atoms with Crippen LogP contribution in [0.4, 0.5) is 0 Å². The fourth-order valence-electron chi connectivity index (χ4n) is 6.91. The highest BCUT2D eigenvalue weighted by Crippen LogP contribution is 2.49. The molecule has 0 aromatic heterocycles. The van der Waals surface area contributed by atoms with E-state index in [2.05, 4.69) is 116 Å². The molecule has 2 aliphatic rings. The molecule has 0 aliphatic heterocycles. The van der Waals surface area contributed by atoms with E-state index in [9.17, 15) is 28.7 Å². The molecule has 8 nitrogen and oxygen atoms in total. The van der Waals surface area contributed by atoms with Crippen molar-refractivity contribution in [2.24, 2.45) is 16.2 Å². The van der Waals surface area contributed by atoms with Crippen molar-refractivity contribution in [2.75, 3.05) is 0 Å². The predicted molar refractivity (Wildman–Crippen MR) is 211 cm³/mol. The largest absolute Gasteiger partial charge is 0.469 e. The van der Waals surface area contributed by atoms with Crippen molar-refractivity contribution in [3.8, 4) is 0 Å². The van der Waals surface area contributed by atoms with Gasteiger partial charge >= 0.3 is 15.6 Å². The van der Waals surface area contributed by atoms with Gasteiger partial charge in [-0.05, 0) is 94.1 Å². The molecule has 2 aliphatic carbocycles. The van der Waals surface area contributed by atoms with Gasteiger partial charge in [-0.2, -0.15) is 0 Å². The van der Waals surface area contributed by atoms with Gasteiger partial charge in [0.05, 0.1) is 12.2 Å². The summed E-state index contributed by atoms with van der Waals surface area (Å²) in [5, 5.41) is 0. The number of hydrogen-bond donors (Lipinski definition) is 4. The van der Waals surface area contributed by atoms with Crippen LogP contribution in [0.3, 0.4) is 0 Å². The van der Waals surface area contributed by atoms with E-state index in [1.54, 1.807) is 0 Å². The van der Waals surface area contributed by atoms with E-state index in [1.807, 2.05) is 39.0 Å². The van der Waals surface area contributed by atoms with E-state index in [0.29, 0.717) is 25.7 Å². The van der Waals surface area contributed by atoms with Crippen LogP contribution in [-0.4, -0.2) is 31.8 Å². The molecule has 0 saturated carbocycles. The molecule has 0 aromatic carbocycles. The van der Waals surface area contributed by atoms with E-state index in [0.717, 1.165) is 34.3 Å². The Morgan fingerprint density at radius 3 is 1.57 bits per heavy atom. The second kappa shape index (κ2) is 18.6. The van der Waals surface area contributed by atoms with E-state index < -0.39 is 27.9 Å². The van der Waals surface area contributed by atoms with Crippen LogP contribution < -0.4 is 0 Å². The average molecular weight is 745 g/mol. The Labute approximate surface area is 307 Å². The minimum absolute atomic E-state index is 0.0676. The van der Waals surface area contributed by atoms with Crippen LogP contribution in [0.15, 0.2) is 118 Å². The maximum absolute atomic E-state index is 11.4. The second-order valence-electron chi connectivity index (χ2n) is 16.1. The zero-order chi connectivity index (χ0) is 38.8. The first kappa shape index (κ1) is 44.8. The zero-order valence-corrected chi connectivity index (χ0v) is 34.3. The zero-order valence-electron chi connectivity index (χ0n) is 32.5. The molecule has 0 radical (unpaired) electrons. The summed E-state index contributed by atoms with van der Waals surface area (Å²) >= 11 is 0. The van der Waals surface area contributed by atoms with Crippen LogP contribution in [0, 0.1) is 16.2 Å². The molecule has 4 N–H and O–H groups in total. The van der Waals surface area contributed by atoms with Gasteiger partial charge in [0, 0.05) is 0 Å². The first-order valence-corrected chi connectivity index (χ1v) is 20.6. The van der Waals surface area contributed by atoms with Gasteiger partial charge < -0.3 is 19.6 Å². The topological polar surface area (TPSA) is 134 Å². The third-order valence-corrected chi connectivity index (χ3v) is 10.4. The monoisotopic (exact) mass is 744 g/mol. The normalized spacial score (nSPS) is 23.4. The summed E-state index contributed by atoms with van der Waals surface area (Å²) in [5.74, 6) is 0. The molecule has 2 unspecified atom stereocenters. The minimum atomic E-state index is -4.52. The molecule has 0 bridgehead atoms. The Kier molecular flexibility index (Phi) is 16.3. The number of phosphoric acid groups is 2. The molecule has 2 rings (SSSR count). The van der Waals surface area contributed by atoms with E-state index >= 15 is 0 Å². The third kappa shape index (κ3) is 16.9. The molecular formula is C41H62O8P2. The average Bonchev–Trinajstić information content (AvgIpc) is 2.91. The summed E-state index contributed by atoms with van der Waals surface area (Å²) < 4.78 is 32.7. The fraction of sp³-hybridized carbons (Fsp3) is 0.512. The summed E-state index contributed by atoms with van der Waals surface area (Å²) in [5.41, 5.74) is 7.34. The molecule has 0 aromatic rings. The number of phosphoric ester groups is 2. The van der Waals surface area contributed by atoms with Crippen molar-refractivity contribution in [1.82, 2.24) is 0 Å². The van der Waals surface area contributed by atoms with Gasteiger partial charge in [0.25, 0.3) is 0 Å². The van der Waals surface area contributed by atoms with Gasteiger partial charge in [0.15, 0.2) is 0 Å². The second-order valence-corrected chi connectivity index (χ2v) is 18.5. The summed E-state index contributed by atoms with van der Waals surface area (Å²) in [4.78, 5) is 36.9. The molecule has 0 saturated heterocycles. The van der Waals surface area contributed by atoms with Crippen molar-refractivity contribution in [2.45, 2.75) is 120 Å².